The van der Waals surface area contributed by atoms with Gasteiger partial charge >= 0.3 is 0 Å². The fourth-order valence-corrected chi connectivity index (χ4v) is 12.0. The average molecular weight is 499 g/mol. The lowest BCUT2D eigenvalue weighted by Gasteiger charge is -2.44. The molecule has 2 heterocycles. The summed E-state index contributed by atoms with van der Waals surface area (Å²) >= 11 is 3.68. The second-order valence-electron chi connectivity index (χ2n) is 10.6. The largest absolute Gasteiger partial charge is 0.405 e. The maximum absolute atomic E-state index is 13.0. The smallest absolute Gasteiger partial charge is 0.261 e. The third kappa shape index (κ3) is 3.11. The molecule has 2 aliphatic heterocycles. The number of nitrogens with zero attached hydrogens (tertiary/aromatic N) is 1. The molecule has 1 saturated carbocycles. The van der Waals surface area contributed by atoms with Gasteiger partial charge in [-0.25, -0.2) is 0 Å². The van der Waals surface area contributed by atoms with Crippen molar-refractivity contribution in [3.63, 3.8) is 0 Å². The number of amides is 1. The van der Waals surface area contributed by atoms with Gasteiger partial charge in [0.1, 0.15) is 0 Å². The van der Waals surface area contributed by atoms with Gasteiger partial charge in [0.2, 0.25) is 5.91 Å². The molecule has 5 heteroatoms. The topological polar surface area (TPSA) is 29.5 Å². The molecule has 2 saturated heterocycles. The van der Waals surface area contributed by atoms with E-state index in [4.69, 9.17) is 4.43 Å². The molecular weight excluding hydrogens is 466 g/mol. The first-order valence-corrected chi connectivity index (χ1v) is 14.5. The van der Waals surface area contributed by atoms with Crippen LogP contribution in [0.1, 0.15) is 40.0 Å². The highest BCUT2D eigenvalue weighted by molar-refractivity contribution is 9.09. The summed E-state index contributed by atoms with van der Waals surface area (Å²) in [6.45, 7) is 7.57. The molecule has 0 radical (unpaired) electrons. The summed E-state index contributed by atoms with van der Waals surface area (Å²) in [7, 11) is -2.56. The lowest BCUT2D eigenvalue weighted by atomic mass is 9.99. The third-order valence-electron chi connectivity index (χ3n) is 7.98. The van der Waals surface area contributed by atoms with Crippen LogP contribution >= 0.6 is 15.9 Å². The number of hydrogen-bond acceptors (Lipinski definition) is 2. The van der Waals surface area contributed by atoms with Gasteiger partial charge in [0.05, 0.1) is 18.2 Å². The van der Waals surface area contributed by atoms with Crippen molar-refractivity contribution in [1.29, 1.82) is 0 Å². The van der Waals surface area contributed by atoms with Gasteiger partial charge in [0.25, 0.3) is 8.32 Å². The lowest BCUT2D eigenvalue weighted by Crippen LogP contribution is -2.67. The van der Waals surface area contributed by atoms with Gasteiger partial charge in [-0.1, -0.05) is 97.4 Å². The summed E-state index contributed by atoms with van der Waals surface area (Å²) in [4.78, 5) is 15.2. The molecule has 3 aliphatic rings. The monoisotopic (exact) mass is 497 g/mol. The number of carbonyl (C=O) groups excluding carboxylic acids is 1. The zero-order valence-corrected chi connectivity index (χ0v) is 21.3. The van der Waals surface area contributed by atoms with Crippen molar-refractivity contribution in [2.24, 2.45) is 11.8 Å². The van der Waals surface area contributed by atoms with Gasteiger partial charge in [0, 0.05) is 17.7 Å². The van der Waals surface area contributed by atoms with Crippen LogP contribution in [0.15, 0.2) is 60.7 Å². The lowest BCUT2D eigenvalue weighted by molar-refractivity contribution is -0.131. The van der Waals surface area contributed by atoms with E-state index in [9.17, 15) is 4.79 Å². The highest BCUT2D eigenvalue weighted by atomic mass is 79.9. The second kappa shape index (κ2) is 7.57. The standard InChI is InChI=1S/C26H32BrNO2Si/c1-25(2,3)31(22-10-6-4-7-11-22,23-12-8-5-9-13-23)30-18-21-14-19-16-26(19)20(17-27)15-24(29)28(21)26/h4-13,19-21H,14-18H2,1-3H3/t19-,20+,21-,26+/m1/s1. The van der Waals surface area contributed by atoms with Crippen LogP contribution < -0.4 is 10.4 Å². The van der Waals surface area contributed by atoms with E-state index < -0.39 is 8.32 Å². The molecule has 0 unspecified atom stereocenters. The van der Waals surface area contributed by atoms with Crippen molar-refractivity contribution in [1.82, 2.24) is 4.90 Å². The molecule has 0 N–H and O–H groups in total. The van der Waals surface area contributed by atoms with Crippen molar-refractivity contribution in [2.45, 2.75) is 56.7 Å². The summed E-state index contributed by atoms with van der Waals surface area (Å²) in [5, 5.41) is 3.49. The van der Waals surface area contributed by atoms with Gasteiger partial charge in [0.15, 0.2) is 0 Å². The number of benzene rings is 2. The Kier molecular flexibility index (Phi) is 5.23. The van der Waals surface area contributed by atoms with E-state index in [1.165, 1.54) is 16.8 Å². The van der Waals surface area contributed by atoms with Gasteiger partial charge < -0.3 is 9.33 Å². The molecule has 1 aliphatic carbocycles. The van der Waals surface area contributed by atoms with E-state index >= 15 is 0 Å². The second-order valence-corrected chi connectivity index (χ2v) is 15.5. The Labute approximate surface area is 195 Å². The minimum Gasteiger partial charge on any atom is -0.405 e. The molecule has 3 nitrogen and oxygen atoms in total. The Bertz CT molecular complexity index is 921. The van der Waals surface area contributed by atoms with Crippen LogP contribution in [0, 0.1) is 11.8 Å². The Morgan fingerprint density at radius 1 is 1.06 bits per heavy atom. The van der Waals surface area contributed by atoms with Crippen molar-refractivity contribution in [2.75, 3.05) is 11.9 Å². The summed E-state index contributed by atoms with van der Waals surface area (Å²) in [5.74, 6) is 1.46. The SMILES string of the molecule is CC(C)(C)[Si](OC[C@H]1C[C@@H]2C[C@@]23[C@H](CBr)CC(=O)N13)(c1ccccc1)c1ccccc1. The fourth-order valence-electron chi connectivity index (χ4n) is 6.62. The van der Waals surface area contributed by atoms with Crippen molar-refractivity contribution >= 4 is 40.5 Å². The molecule has 3 fully saturated rings. The van der Waals surface area contributed by atoms with Crippen LogP contribution in [0.2, 0.25) is 5.04 Å². The van der Waals surface area contributed by atoms with Gasteiger partial charge in [-0.15, -0.1) is 0 Å². The van der Waals surface area contributed by atoms with E-state index in [2.05, 4.69) is 102 Å². The highest BCUT2D eigenvalue weighted by Gasteiger charge is 2.73. The molecule has 5 rings (SSSR count). The predicted octanol–water partition coefficient (Wildman–Crippen LogP) is 4.34. The van der Waals surface area contributed by atoms with Crippen LogP contribution in [0.25, 0.3) is 0 Å². The summed E-state index contributed by atoms with van der Waals surface area (Å²) < 4.78 is 7.17. The maximum Gasteiger partial charge on any atom is 0.261 e. The first-order chi connectivity index (χ1) is 14.8. The molecule has 164 valence electrons. The first-order valence-electron chi connectivity index (χ1n) is 11.5. The number of piperidine rings is 1. The normalized spacial score (nSPS) is 29.7. The Morgan fingerprint density at radius 3 is 2.16 bits per heavy atom. The third-order valence-corrected chi connectivity index (χ3v) is 13.8. The minimum absolute atomic E-state index is 0.0394. The number of halogens is 1. The molecule has 1 spiro atoms. The van der Waals surface area contributed by atoms with E-state index in [0.29, 0.717) is 30.8 Å². The average Bonchev–Trinajstić information content (AvgIpc) is 3.25. The zero-order valence-electron chi connectivity index (χ0n) is 18.7. The van der Waals surface area contributed by atoms with E-state index in [1.54, 1.807) is 0 Å². The van der Waals surface area contributed by atoms with Crippen LogP contribution in [-0.2, 0) is 9.22 Å². The van der Waals surface area contributed by atoms with E-state index in [0.717, 1.165) is 11.8 Å². The molecule has 1 amide bonds. The number of carbonyl (C=O) groups is 1. The molecular formula is C26H32BrNO2Si. The maximum atomic E-state index is 13.0. The first kappa shape index (κ1) is 21.4. The van der Waals surface area contributed by atoms with Crippen molar-refractivity contribution in [3.8, 4) is 0 Å². The summed E-state index contributed by atoms with van der Waals surface area (Å²) in [6, 6.07) is 21.8. The molecule has 4 atom stereocenters. The number of rotatable bonds is 6. The van der Waals surface area contributed by atoms with Gasteiger partial charge in [-0.3, -0.25) is 4.79 Å². The Morgan fingerprint density at radius 2 is 1.65 bits per heavy atom. The van der Waals surface area contributed by atoms with Gasteiger partial charge in [-0.05, 0) is 34.2 Å². The summed E-state index contributed by atoms with van der Waals surface area (Å²) in [6.07, 6.45) is 2.97. The quantitative estimate of drug-likeness (QED) is 0.438. The highest BCUT2D eigenvalue weighted by Crippen LogP contribution is 2.66. The molecule has 31 heavy (non-hydrogen) atoms. The Hall–Kier alpha value is -1.43. The van der Waals surface area contributed by atoms with Crippen molar-refractivity contribution in [3.05, 3.63) is 60.7 Å². The predicted molar refractivity (Wildman–Crippen MR) is 132 cm³/mol. The minimum atomic E-state index is -2.56. The van der Waals surface area contributed by atoms with Gasteiger partial charge in [-0.2, -0.15) is 0 Å². The molecule has 0 aromatic heterocycles. The summed E-state index contributed by atoms with van der Waals surface area (Å²) in [5.41, 5.74) is 0.125. The van der Waals surface area contributed by atoms with E-state index in [1.807, 2.05) is 0 Å². The Balaban J connectivity index is 1.50. The molecule has 0 bridgehead atoms. The van der Waals surface area contributed by atoms with Crippen LogP contribution in [-0.4, -0.2) is 42.6 Å². The molecule has 2 aromatic rings. The van der Waals surface area contributed by atoms with E-state index in [-0.39, 0.29) is 16.6 Å². The molecule has 2 aromatic carbocycles. The number of alkyl halides is 1. The zero-order chi connectivity index (χ0) is 21.9. The van der Waals surface area contributed by atoms with Crippen LogP contribution in [0.3, 0.4) is 0 Å². The van der Waals surface area contributed by atoms with Crippen LogP contribution in [0.4, 0.5) is 0 Å². The fraction of sp³-hybridized carbons (Fsp3) is 0.500. The number of hydrogen-bond donors (Lipinski definition) is 0. The van der Waals surface area contributed by atoms with Crippen LogP contribution in [0.5, 0.6) is 0 Å². The van der Waals surface area contributed by atoms with Crippen molar-refractivity contribution < 1.29 is 9.22 Å².